The van der Waals surface area contributed by atoms with Crippen molar-refractivity contribution in [2.24, 2.45) is 0 Å². The van der Waals surface area contributed by atoms with Crippen molar-refractivity contribution in [3.63, 3.8) is 0 Å². The van der Waals surface area contributed by atoms with E-state index in [0.29, 0.717) is 0 Å². The van der Waals surface area contributed by atoms with Crippen molar-refractivity contribution in [1.29, 1.82) is 0 Å². The maximum absolute atomic E-state index is 9.33. The van der Waals surface area contributed by atoms with Crippen LogP contribution in [-0.4, -0.2) is 16.6 Å². The second kappa shape index (κ2) is 13.1. The molecule has 21 heavy (non-hydrogen) atoms. The fraction of sp³-hybridized carbons (Fsp3) is 0.118. The molecule has 2 rings (SSSR count). The Labute approximate surface area is 140 Å². The molecule has 1 radical (unpaired) electrons. The van der Waals surface area contributed by atoms with Crippen LogP contribution in [0.2, 0.25) is 0 Å². The summed E-state index contributed by atoms with van der Waals surface area (Å²) in [4.78, 5) is 22.9. The molecule has 0 fully saturated rings. The van der Waals surface area contributed by atoms with Crippen molar-refractivity contribution in [2.75, 3.05) is 0 Å². The number of pyridine rings is 1. The second-order valence-electron chi connectivity index (χ2n) is 3.99. The summed E-state index contributed by atoms with van der Waals surface area (Å²) in [5.41, 5.74) is 2.19. The molecule has 0 aliphatic rings. The number of rotatable bonds is 1. The van der Waals surface area contributed by atoms with Crippen molar-refractivity contribution in [3.05, 3.63) is 68.6 Å². The minimum Gasteiger partial charge on any atom is -0.340 e. The van der Waals surface area contributed by atoms with Crippen molar-refractivity contribution in [2.45, 2.75) is 13.8 Å². The van der Waals surface area contributed by atoms with E-state index < -0.39 is 0 Å². The average molecular weight is 462 g/mol. The van der Waals surface area contributed by atoms with Gasteiger partial charge in [-0.3, -0.25) is 4.98 Å². The van der Waals surface area contributed by atoms with Gasteiger partial charge in [-0.25, -0.2) is 0 Å². The Balaban J connectivity index is 0. The van der Waals surface area contributed by atoms with Crippen LogP contribution in [-0.2, 0) is 29.7 Å². The third-order valence-electron chi connectivity index (χ3n) is 1.73. The van der Waals surface area contributed by atoms with Crippen LogP contribution >= 0.6 is 0 Å². The van der Waals surface area contributed by atoms with Gasteiger partial charge in [0.2, 0.25) is 0 Å². The third kappa shape index (κ3) is 14.3. The van der Waals surface area contributed by atoms with Gasteiger partial charge >= 0.3 is 0 Å². The Bertz CT molecular complexity index is 455. The van der Waals surface area contributed by atoms with Gasteiger partial charge in [0.25, 0.3) is 0 Å². The topological polar surface area (TPSA) is 47.0 Å². The molecule has 0 saturated carbocycles. The van der Waals surface area contributed by atoms with Gasteiger partial charge in [0.15, 0.2) is 0 Å². The molecule has 0 spiro atoms. The first kappa shape index (κ1) is 21.4. The number of Topliss-reactive ketones (excluding diaryl/α,β-unsaturated/α-hetero) is 2. The molecule has 0 bridgehead atoms. The van der Waals surface area contributed by atoms with E-state index in [1.165, 1.54) is 13.8 Å². The van der Waals surface area contributed by atoms with Crippen LogP contribution in [0.5, 0.6) is 0 Å². The third-order valence-corrected chi connectivity index (χ3v) is 1.73. The largest absolute Gasteiger partial charge is 0.340 e. The SMILES string of the molecule is [CH2-]C(C)=O.[CH2-]C(C)=O.[Ir].c1ccc(-c2ccccn2)cc1. The molecule has 0 unspecified atom stereocenters. The van der Waals surface area contributed by atoms with Gasteiger partial charge in [-0.1, -0.05) is 36.4 Å². The molecule has 3 nitrogen and oxygen atoms in total. The van der Waals surface area contributed by atoms with Crippen molar-refractivity contribution in [3.8, 4) is 11.3 Å². The number of hydrogen-bond donors (Lipinski definition) is 0. The first-order chi connectivity index (χ1) is 9.43. The molecule has 1 aromatic carbocycles. The van der Waals surface area contributed by atoms with Crippen molar-refractivity contribution >= 4 is 11.6 Å². The molecule has 0 N–H and O–H groups in total. The number of ketones is 2. The first-order valence-corrected chi connectivity index (χ1v) is 6.05. The summed E-state index contributed by atoms with van der Waals surface area (Å²) < 4.78 is 0. The van der Waals surface area contributed by atoms with Gasteiger partial charge in [-0.2, -0.15) is 0 Å². The van der Waals surface area contributed by atoms with Crippen LogP contribution in [0.3, 0.4) is 0 Å². The van der Waals surface area contributed by atoms with Crippen LogP contribution < -0.4 is 0 Å². The predicted molar refractivity (Wildman–Crippen MR) is 81.7 cm³/mol. The zero-order valence-corrected chi connectivity index (χ0v) is 14.6. The zero-order chi connectivity index (χ0) is 15.4. The fourth-order valence-corrected chi connectivity index (χ4v) is 1.14. The van der Waals surface area contributed by atoms with Gasteiger partial charge in [0, 0.05) is 31.9 Å². The maximum Gasteiger partial charge on any atom is 0.0701 e. The molecular weight excluding hydrogens is 442 g/mol. The van der Waals surface area contributed by atoms with Crippen LogP contribution in [0.15, 0.2) is 54.7 Å². The van der Waals surface area contributed by atoms with E-state index in [0.717, 1.165) is 11.3 Å². The molecule has 0 atom stereocenters. The van der Waals surface area contributed by atoms with Gasteiger partial charge in [-0.05, 0) is 37.5 Å². The van der Waals surface area contributed by atoms with E-state index in [-0.39, 0.29) is 31.7 Å². The normalized spacial score (nSPS) is 7.90. The number of carbonyl (C=O) groups excluding carboxylic acids is 2. The van der Waals surface area contributed by atoms with E-state index in [4.69, 9.17) is 0 Å². The molecule has 115 valence electrons. The summed E-state index contributed by atoms with van der Waals surface area (Å²) in [6, 6.07) is 16.1. The van der Waals surface area contributed by atoms with E-state index in [1.54, 1.807) is 0 Å². The zero-order valence-electron chi connectivity index (χ0n) is 12.2. The van der Waals surface area contributed by atoms with E-state index in [2.05, 4.69) is 31.0 Å². The number of benzene rings is 1. The minimum atomic E-state index is -0.0833. The first-order valence-electron chi connectivity index (χ1n) is 6.05. The summed E-state index contributed by atoms with van der Waals surface area (Å²) in [7, 11) is 0. The van der Waals surface area contributed by atoms with Crippen LogP contribution in [0, 0.1) is 13.8 Å². The number of aromatic nitrogens is 1. The van der Waals surface area contributed by atoms with Gasteiger partial charge in [-0.15, -0.1) is 0 Å². The predicted octanol–water partition coefficient (Wildman–Crippen LogP) is 3.57. The number of carbonyl (C=O) groups is 2. The Morgan fingerprint density at radius 3 is 1.67 bits per heavy atom. The summed E-state index contributed by atoms with van der Waals surface area (Å²) in [5.74, 6) is -0.167. The van der Waals surface area contributed by atoms with Crippen molar-refractivity contribution in [1.82, 2.24) is 4.98 Å². The summed E-state index contributed by atoms with van der Waals surface area (Å²) >= 11 is 0. The average Bonchev–Trinajstić information content (AvgIpc) is 2.39. The minimum absolute atomic E-state index is 0. The summed E-state index contributed by atoms with van der Waals surface area (Å²) in [6.07, 6.45) is 1.81. The molecule has 4 heteroatoms. The summed E-state index contributed by atoms with van der Waals surface area (Å²) in [5, 5.41) is 0. The molecule has 0 saturated heterocycles. The molecule has 0 aliphatic heterocycles. The number of nitrogens with zero attached hydrogens (tertiary/aromatic N) is 1. The van der Waals surface area contributed by atoms with E-state index >= 15 is 0 Å². The van der Waals surface area contributed by atoms with Crippen molar-refractivity contribution < 1.29 is 29.7 Å². The Kier molecular flexibility index (Phi) is 13.3. The molecule has 1 heterocycles. The Morgan fingerprint density at radius 1 is 0.857 bits per heavy atom. The summed E-state index contributed by atoms with van der Waals surface area (Å²) in [6.45, 7) is 8.83. The molecule has 1 aromatic heterocycles. The van der Waals surface area contributed by atoms with Gasteiger partial charge < -0.3 is 23.4 Å². The monoisotopic (exact) mass is 462 g/mol. The van der Waals surface area contributed by atoms with Crippen LogP contribution in [0.1, 0.15) is 13.8 Å². The fourth-order valence-electron chi connectivity index (χ4n) is 1.14. The molecule has 0 amide bonds. The van der Waals surface area contributed by atoms with Gasteiger partial charge in [0.1, 0.15) is 0 Å². The molecule has 0 aliphatic carbocycles. The maximum atomic E-state index is 9.33. The Morgan fingerprint density at radius 2 is 1.29 bits per heavy atom. The van der Waals surface area contributed by atoms with Crippen LogP contribution in [0.4, 0.5) is 0 Å². The number of hydrogen-bond acceptors (Lipinski definition) is 3. The molecular formula is C17H19IrNO2-2. The Hall–Kier alpha value is -1.90. The smallest absolute Gasteiger partial charge is 0.0701 e. The van der Waals surface area contributed by atoms with Gasteiger partial charge in [0.05, 0.1) is 5.69 Å². The quantitative estimate of drug-likeness (QED) is 0.610. The second-order valence-corrected chi connectivity index (χ2v) is 3.99. The van der Waals surface area contributed by atoms with E-state index in [9.17, 15) is 9.59 Å². The molecule has 2 aromatic rings. The van der Waals surface area contributed by atoms with E-state index in [1.807, 2.05) is 42.6 Å². The standard InChI is InChI=1S/C11H9N.2C3H5O.Ir/c1-2-6-10(7-3-1)11-8-4-5-9-12-11;2*1-3(2)4;/h1-9H;2*1H2,2H3;/q;2*-1;. The van der Waals surface area contributed by atoms with Crippen LogP contribution in [0.25, 0.3) is 11.3 Å².